The quantitative estimate of drug-likeness (QED) is 0.279. The first-order chi connectivity index (χ1) is 18.4. The Kier molecular flexibility index (Phi) is 8.97. The van der Waals surface area contributed by atoms with Crippen LogP contribution in [0.15, 0.2) is 64.0 Å². The molecule has 1 aromatic heterocycles. The number of hydrogen-bond donors (Lipinski definition) is 0. The van der Waals surface area contributed by atoms with Gasteiger partial charge in [0.2, 0.25) is 0 Å². The average Bonchev–Trinajstić information content (AvgIpc) is 3.35. The van der Waals surface area contributed by atoms with E-state index in [9.17, 15) is 0 Å². The van der Waals surface area contributed by atoms with Gasteiger partial charge in [-0.25, -0.2) is 0 Å². The summed E-state index contributed by atoms with van der Waals surface area (Å²) in [6.07, 6.45) is 13.2. The first-order valence-corrected chi connectivity index (χ1v) is 19.9. The van der Waals surface area contributed by atoms with Crippen molar-refractivity contribution < 1.29 is 9.15 Å². The minimum Gasteiger partial charge on any atom is -0.496 e. The Balaban J connectivity index is 2.01. The van der Waals surface area contributed by atoms with Gasteiger partial charge in [-0.3, -0.25) is 0 Å². The zero-order valence-electron chi connectivity index (χ0n) is 24.2. The molecular formula is C34H44O2Si2. The minimum atomic E-state index is -1.65. The summed E-state index contributed by atoms with van der Waals surface area (Å²) < 4.78 is 12.4. The lowest BCUT2D eigenvalue weighted by molar-refractivity contribution is 0.102. The van der Waals surface area contributed by atoms with Crippen molar-refractivity contribution in [2.45, 2.75) is 90.3 Å². The lowest BCUT2D eigenvalue weighted by Gasteiger charge is -2.29. The Bertz CT molecular complexity index is 1370. The largest absolute Gasteiger partial charge is 0.496 e. The van der Waals surface area contributed by atoms with Crippen LogP contribution in [0.1, 0.15) is 48.0 Å². The zero-order valence-corrected chi connectivity index (χ0v) is 26.2. The fourth-order valence-corrected chi connectivity index (χ4v) is 11.0. The van der Waals surface area contributed by atoms with E-state index in [0.717, 1.165) is 28.2 Å². The van der Waals surface area contributed by atoms with Gasteiger partial charge in [-0.1, -0.05) is 66.2 Å². The van der Waals surface area contributed by atoms with E-state index in [1.807, 2.05) is 12.3 Å². The number of hydrogen-bond acceptors (Lipinski definition) is 2. The molecule has 0 saturated carbocycles. The van der Waals surface area contributed by atoms with Crippen LogP contribution in [0.2, 0.25) is 36.3 Å². The molecule has 3 atom stereocenters. The number of furan rings is 1. The van der Waals surface area contributed by atoms with Crippen LogP contribution in [-0.2, 0) is 4.74 Å². The summed E-state index contributed by atoms with van der Waals surface area (Å²) in [5, 5.41) is 1.14. The molecule has 3 aliphatic rings. The molecule has 0 spiro atoms. The second kappa shape index (κ2) is 12.0. The molecule has 38 heavy (non-hydrogen) atoms. The highest BCUT2D eigenvalue weighted by molar-refractivity contribution is 6.87. The molecule has 0 fully saturated rings. The van der Waals surface area contributed by atoms with Crippen LogP contribution < -0.4 is 10.6 Å². The fraction of sp³-hybridized carbons (Fsp3) is 0.471. The van der Waals surface area contributed by atoms with E-state index >= 15 is 0 Å². The Hall–Kier alpha value is -2.67. The van der Waals surface area contributed by atoms with E-state index in [1.54, 1.807) is 6.26 Å². The molecular weight excluding hydrogens is 497 g/mol. The van der Waals surface area contributed by atoms with E-state index in [1.165, 1.54) is 47.4 Å². The van der Waals surface area contributed by atoms with Crippen molar-refractivity contribution >= 4 is 28.3 Å². The molecule has 2 aliphatic carbocycles. The van der Waals surface area contributed by atoms with Gasteiger partial charge in [-0.15, -0.1) is 17.0 Å². The van der Waals surface area contributed by atoms with Crippen molar-refractivity contribution in [3.8, 4) is 22.9 Å². The van der Waals surface area contributed by atoms with Crippen molar-refractivity contribution in [1.29, 1.82) is 0 Å². The summed E-state index contributed by atoms with van der Waals surface area (Å²) >= 11 is 0. The van der Waals surface area contributed by atoms with Crippen LogP contribution in [0.3, 0.4) is 0 Å². The van der Waals surface area contributed by atoms with Crippen molar-refractivity contribution in [3.63, 3.8) is 0 Å². The first kappa shape index (κ1) is 28.3. The first-order valence-electron chi connectivity index (χ1n) is 14.7. The van der Waals surface area contributed by atoms with E-state index in [2.05, 4.69) is 95.3 Å². The Morgan fingerprint density at radius 1 is 0.921 bits per heavy atom. The topological polar surface area (TPSA) is 22.4 Å². The number of allylic oxidation sites excluding steroid dienone is 5. The summed E-state index contributed by atoms with van der Waals surface area (Å²) in [6.45, 7) is 18.2. The summed E-state index contributed by atoms with van der Waals surface area (Å²) in [4.78, 5) is 0. The van der Waals surface area contributed by atoms with Crippen LogP contribution in [0.5, 0.6) is 0 Å². The molecule has 200 valence electrons. The molecule has 4 heteroatoms. The van der Waals surface area contributed by atoms with Gasteiger partial charge in [-0.05, 0) is 71.2 Å². The maximum atomic E-state index is 6.47. The highest BCUT2D eigenvalue weighted by Crippen LogP contribution is 2.41. The second-order valence-corrected chi connectivity index (χ2v) is 20.9. The van der Waals surface area contributed by atoms with Gasteiger partial charge in [0, 0.05) is 23.1 Å². The maximum Gasteiger partial charge on any atom is 0.138 e. The zero-order chi connectivity index (χ0) is 27.3. The molecule has 0 saturated heterocycles. The summed E-state index contributed by atoms with van der Waals surface area (Å²) in [6, 6.07) is 9.21. The molecule has 4 rings (SSSR count). The van der Waals surface area contributed by atoms with Crippen LogP contribution in [0.25, 0.3) is 12.2 Å². The monoisotopic (exact) mass is 540 g/mol. The van der Waals surface area contributed by atoms with E-state index in [4.69, 9.17) is 9.15 Å². The van der Waals surface area contributed by atoms with Crippen molar-refractivity contribution in [2.75, 3.05) is 0 Å². The lowest BCUT2D eigenvalue weighted by atomic mass is 9.80. The van der Waals surface area contributed by atoms with Crippen LogP contribution in [-0.4, -0.2) is 22.3 Å². The Labute approximate surface area is 232 Å². The average molecular weight is 541 g/mol. The van der Waals surface area contributed by atoms with E-state index < -0.39 is 16.1 Å². The molecule has 1 aliphatic heterocycles. The van der Waals surface area contributed by atoms with Gasteiger partial charge in [0.15, 0.2) is 0 Å². The Morgan fingerprint density at radius 2 is 1.58 bits per heavy atom. The maximum absolute atomic E-state index is 6.47. The third kappa shape index (κ3) is 5.54. The molecule has 2 heterocycles. The SMILES string of the molecule is C=C1/C=C\OC2C/C(=C\1)C(C#C[Si](CC)(CC)CC)=C1C=c3occc3=CC1[C@@H]2C#C[Si](CC)(CC)CC. The summed E-state index contributed by atoms with van der Waals surface area (Å²) in [5.74, 6) is 7.81. The number of ether oxygens (including phenoxy) is 1. The smallest absolute Gasteiger partial charge is 0.138 e. The normalized spacial score (nSPS) is 24.6. The van der Waals surface area contributed by atoms with Gasteiger partial charge in [0.25, 0.3) is 0 Å². The van der Waals surface area contributed by atoms with Crippen LogP contribution in [0.4, 0.5) is 0 Å². The standard InChI is InChI=1S/C34H44O2Si2/c1-8-37(9-2,10-3)20-16-29-28-22-26(7)14-18-36-34(24-28)30(17-21-38(11-4,12-5)13-6)31-23-27-15-19-35-33(27)25-32(29)31/h14-15,18-19,22-23,25,30-31,34H,7-13,24H2,1-6H3/b18-14-,28-22+/t30-,31?,34?/m0/s1. The lowest BCUT2D eigenvalue weighted by Crippen LogP contribution is -2.35. The van der Waals surface area contributed by atoms with Crippen molar-refractivity contribution in [2.24, 2.45) is 11.8 Å². The molecule has 0 aromatic carbocycles. The predicted octanol–water partition coefficient (Wildman–Crippen LogP) is 7.28. The molecule has 2 nitrogen and oxygen atoms in total. The van der Waals surface area contributed by atoms with Gasteiger partial charge in [-0.2, -0.15) is 0 Å². The second-order valence-electron chi connectivity index (χ2n) is 11.1. The van der Waals surface area contributed by atoms with Gasteiger partial charge >= 0.3 is 0 Å². The Morgan fingerprint density at radius 3 is 2.24 bits per heavy atom. The van der Waals surface area contributed by atoms with Gasteiger partial charge in [0.05, 0.1) is 18.4 Å². The molecule has 0 radical (unpaired) electrons. The van der Waals surface area contributed by atoms with Crippen molar-refractivity contribution in [3.05, 3.63) is 70.2 Å². The van der Waals surface area contributed by atoms with E-state index in [0.29, 0.717) is 0 Å². The molecule has 2 bridgehead atoms. The van der Waals surface area contributed by atoms with E-state index in [-0.39, 0.29) is 17.9 Å². The predicted molar refractivity (Wildman–Crippen MR) is 167 cm³/mol. The number of rotatable bonds is 6. The third-order valence-electron chi connectivity index (χ3n) is 9.46. The van der Waals surface area contributed by atoms with Crippen LogP contribution >= 0.6 is 0 Å². The summed E-state index contributed by atoms with van der Waals surface area (Å²) in [7, 11) is -3.27. The molecule has 0 amide bonds. The summed E-state index contributed by atoms with van der Waals surface area (Å²) in [5.41, 5.74) is 13.3. The highest BCUT2D eigenvalue weighted by atomic mass is 28.3. The molecule has 2 unspecified atom stereocenters. The molecule has 0 N–H and O–H groups in total. The van der Waals surface area contributed by atoms with Gasteiger partial charge in [0.1, 0.15) is 27.7 Å². The minimum absolute atomic E-state index is 0.0432. The third-order valence-corrected chi connectivity index (χ3v) is 18.9. The fourth-order valence-electron chi connectivity index (χ4n) is 6.07. The van der Waals surface area contributed by atoms with Crippen molar-refractivity contribution in [1.82, 2.24) is 0 Å². The van der Waals surface area contributed by atoms with Gasteiger partial charge < -0.3 is 9.15 Å². The molecule has 1 aromatic rings. The number of fused-ring (bicyclic) bond motifs is 4. The van der Waals surface area contributed by atoms with Crippen LogP contribution in [0, 0.1) is 34.8 Å². The highest BCUT2D eigenvalue weighted by Gasteiger charge is 2.38.